The van der Waals surface area contributed by atoms with Crippen molar-refractivity contribution in [1.29, 1.82) is 0 Å². The number of nitrogens with zero attached hydrogens (tertiary/aromatic N) is 1. The predicted molar refractivity (Wildman–Crippen MR) is 124 cm³/mol. The van der Waals surface area contributed by atoms with Crippen LogP contribution >= 0.6 is 0 Å². The Labute approximate surface area is 215 Å². The monoisotopic (exact) mass is 450 g/mol. The van der Waals surface area contributed by atoms with E-state index in [-0.39, 0.29) is 43.6 Å². The molecule has 1 atom stereocenters. The molecule has 0 aliphatic rings. The van der Waals surface area contributed by atoms with E-state index in [0.29, 0.717) is 32.2 Å². The molecular formula is C24H46CaN2O3. The van der Waals surface area contributed by atoms with Gasteiger partial charge in [0.05, 0.1) is 5.97 Å². The number of carbonyl (C=O) groups is 1. The van der Waals surface area contributed by atoms with Crippen LogP contribution in [0.5, 0.6) is 0 Å². The van der Waals surface area contributed by atoms with E-state index >= 15 is 0 Å². The molecule has 2 N–H and O–H groups in total. The Morgan fingerprint density at radius 1 is 0.733 bits per heavy atom. The summed E-state index contributed by atoms with van der Waals surface area (Å²) >= 11 is 0. The van der Waals surface area contributed by atoms with Crippen molar-refractivity contribution in [2.24, 2.45) is 10.7 Å². The minimum Gasteiger partial charge on any atom is -0.862 e. The van der Waals surface area contributed by atoms with Gasteiger partial charge in [0.2, 0.25) is 0 Å². The standard InChI is InChI=1S/C24H48N2O3.Ca/c1-2-3-4-5-6-7-8-9-10-11-12-13-14-15-16-20-23(27)26-21-18-17-19-22(25)24(28)29;/h22H,2-21,25H2,1H3,(H,26,27)(H,28,29);/q;+2/p-2/t22-;/m0./s1. The number of hydrogen-bond donors (Lipinski definition) is 1. The number of aliphatic imine (C=N–C) groups is 1. The molecule has 0 saturated heterocycles. The molecule has 0 heterocycles. The van der Waals surface area contributed by atoms with Crippen molar-refractivity contribution in [2.75, 3.05) is 6.54 Å². The summed E-state index contributed by atoms with van der Waals surface area (Å²) in [6.45, 7) is 2.74. The Kier molecular flexibility index (Phi) is 27.4. The van der Waals surface area contributed by atoms with E-state index in [1.54, 1.807) is 0 Å². The summed E-state index contributed by atoms with van der Waals surface area (Å²) in [6, 6.07) is -0.911. The van der Waals surface area contributed by atoms with Crippen LogP contribution in [-0.4, -0.2) is 62.2 Å². The van der Waals surface area contributed by atoms with E-state index in [2.05, 4.69) is 11.9 Å². The van der Waals surface area contributed by atoms with Crippen molar-refractivity contribution in [3.8, 4) is 0 Å². The first kappa shape index (κ1) is 32.3. The summed E-state index contributed by atoms with van der Waals surface area (Å²) in [5, 5.41) is 22.2. The number of carboxylic acids is 1. The Morgan fingerprint density at radius 2 is 1.17 bits per heavy atom. The molecule has 0 amide bonds. The third kappa shape index (κ3) is 24.4. The second-order valence-corrected chi connectivity index (χ2v) is 8.40. The van der Waals surface area contributed by atoms with Crippen LogP contribution in [0.4, 0.5) is 0 Å². The molecule has 6 heteroatoms. The first-order valence-electron chi connectivity index (χ1n) is 12.2. The zero-order valence-corrected chi connectivity index (χ0v) is 21.9. The molecule has 0 radical (unpaired) electrons. The molecule has 0 saturated carbocycles. The maximum atomic E-state index is 11.7. The zero-order chi connectivity index (χ0) is 21.6. The summed E-state index contributed by atoms with van der Waals surface area (Å²) in [4.78, 5) is 14.5. The maximum Gasteiger partial charge on any atom is 2.00 e. The van der Waals surface area contributed by atoms with E-state index < -0.39 is 12.0 Å². The van der Waals surface area contributed by atoms with Crippen LogP contribution in [-0.2, 0) is 4.79 Å². The second-order valence-electron chi connectivity index (χ2n) is 8.40. The van der Waals surface area contributed by atoms with Gasteiger partial charge < -0.3 is 25.7 Å². The number of carboxylic acid groups (broad SMARTS) is 1. The van der Waals surface area contributed by atoms with Gasteiger partial charge in [0.1, 0.15) is 0 Å². The summed E-state index contributed by atoms with van der Waals surface area (Å²) in [7, 11) is 0. The third-order valence-corrected chi connectivity index (χ3v) is 5.51. The van der Waals surface area contributed by atoms with Crippen LogP contribution in [0.15, 0.2) is 4.99 Å². The molecule has 172 valence electrons. The van der Waals surface area contributed by atoms with Gasteiger partial charge >= 0.3 is 37.7 Å². The molecule has 0 aliphatic heterocycles. The summed E-state index contributed by atoms with van der Waals surface area (Å²) in [5.74, 6) is -1.24. The number of carbonyl (C=O) groups excluding carboxylic acids is 1. The summed E-state index contributed by atoms with van der Waals surface area (Å²) < 4.78 is 0. The smallest absolute Gasteiger partial charge is 0.862 e. The molecule has 0 rings (SSSR count). The van der Waals surface area contributed by atoms with Crippen molar-refractivity contribution in [2.45, 2.75) is 135 Å². The molecule has 0 aromatic heterocycles. The van der Waals surface area contributed by atoms with Crippen molar-refractivity contribution in [3.63, 3.8) is 0 Å². The van der Waals surface area contributed by atoms with Gasteiger partial charge in [0, 0.05) is 12.6 Å². The normalized spacial score (nSPS) is 12.5. The van der Waals surface area contributed by atoms with Crippen LogP contribution in [0.1, 0.15) is 129 Å². The average Bonchev–Trinajstić information content (AvgIpc) is 2.70. The minimum atomic E-state index is -1.22. The van der Waals surface area contributed by atoms with Crippen molar-refractivity contribution in [1.82, 2.24) is 0 Å². The van der Waals surface area contributed by atoms with Crippen LogP contribution < -0.4 is 15.9 Å². The Balaban J connectivity index is 0. The summed E-state index contributed by atoms with van der Waals surface area (Å²) in [6.07, 6.45) is 22.0. The fourth-order valence-electron chi connectivity index (χ4n) is 3.52. The van der Waals surface area contributed by atoms with Gasteiger partial charge in [-0.1, -0.05) is 96.8 Å². The number of rotatable bonds is 22. The Morgan fingerprint density at radius 3 is 1.60 bits per heavy atom. The second kappa shape index (κ2) is 25.4. The molecule has 30 heavy (non-hydrogen) atoms. The van der Waals surface area contributed by atoms with Gasteiger partial charge in [-0.15, -0.1) is 0 Å². The molecule has 0 aliphatic carbocycles. The van der Waals surface area contributed by atoms with Crippen molar-refractivity contribution in [3.05, 3.63) is 0 Å². The molecular weight excluding hydrogens is 404 g/mol. The zero-order valence-electron chi connectivity index (χ0n) is 19.7. The molecule has 5 nitrogen and oxygen atoms in total. The van der Waals surface area contributed by atoms with Gasteiger partial charge in [-0.25, -0.2) is 0 Å². The van der Waals surface area contributed by atoms with Crippen molar-refractivity contribution < 1.29 is 15.0 Å². The van der Waals surface area contributed by atoms with E-state index in [1.165, 1.54) is 83.5 Å². The average molecular weight is 451 g/mol. The molecule has 0 unspecified atom stereocenters. The van der Waals surface area contributed by atoms with E-state index in [9.17, 15) is 15.0 Å². The SMILES string of the molecule is CCCCCCCCCCCCCCCCCC([O-])=NCCCC[C@H](N)C(=O)[O-].[Ca+2]. The maximum absolute atomic E-state index is 11.7. The van der Waals surface area contributed by atoms with E-state index in [0.717, 1.165) is 12.8 Å². The molecule has 0 aromatic rings. The van der Waals surface area contributed by atoms with Crippen LogP contribution in [0.25, 0.3) is 0 Å². The topological polar surface area (TPSA) is 102 Å². The van der Waals surface area contributed by atoms with Crippen LogP contribution in [0.2, 0.25) is 0 Å². The quantitative estimate of drug-likeness (QED) is 0.117. The summed E-state index contributed by atoms with van der Waals surface area (Å²) in [5.41, 5.74) is 5.37. The van der Waals surface area contributed by atoms with Crippen LogP contribution in [0, 0.1) is 0 Å². The first-order chi connectivity index (χ1) is 14.1. The van der Waals surface area contributed by atoms with E-state index in [4.69, 9.17) is 5.73 Å². The molecule has 0 fully saturated rings. The fraction of sp³-hybridized carbons (Fsp3) is 0.917. The predicted octanol–water partition coefficient (Wildman–Crippen LogP) is 3.87. The first-order valence-corrected chi connectivity index (χ1v) is 12.2. The van der Waals surface area contributed by atoms with Crippen LogP contribution in [0.3, 0.4) is 0 Å². The van der Waals surface area contributed by atoms with Gasteiger partial charge in [0.15, 0.2) is 0 Å². The minimum absolute atomic E-state index is 0. The fourth-order valence-corrected chi connectivity index (χ4v) is 3.52. The van der Waals surface area contributed by atoms with Crippen molar-refractivity contribution >= 4 is 49.6 Å². The Bertz CT molecular complexity index is 406. The molecule has 0 spiro atoms. The van der Waals surface area contributed by atoms with Gasteiger partial charge in [-0.3, -0.25) is 0 Å². The van der Waals surface area contributed by atoms with Gasteiger partial charge in [0.25, 0.3) is 0 Å². The number of unbranched alkanes of at least 4 members (excludes halogenated alkanes) is 15. The number of nitrogens with two attached hydrogens (primary N) is 1. The van der Waals surface area contributed by atoms with Gasteiger partial charge in [-0.05, 0) is 38.0 Å². The molecule has 0 aromatic carbocycles. The Hall–Kier alpha value is 0.160. The van der Waals surface area contributed by atoms with Gasteiger partial charge in [-0.2, -0.15) is 0 Å². The van der Waals surface area contributed by atoms with E-state index in [1.807, 2.05) is 0 Å². The molecule has 0 bridgehead atoms. The number of hydrogen-bond acceptors (Lipinski definition) is 5. The largest absolute Gasteiger partial charge is 2.00 e. The third-order valence-electron chi connectivity index (χ3n) is 5.51. The number of aliphatic carboxylic acids is 1.